The quantitative estimate of drug-likeness (QED) is 0.507. The number of esters is 1. The van der Waals surface area contributed by atoms with E-state index in [1.54, 1.807) is 6.08 Å². The summed E-state index contributed by atoms with van der Waals surface area (Å²) in [6.07, 6.45) is 2.84. The van der Waals surface area contributed by atoms with Crippen molar-refractivity contribution in [2.24, 2.45) is 0 Å². The number of ether oxygens (including phenoxy) is 1. The average molecular weight is 388 g/mol. The van der Waals surface area contributed by atoms with Crippen molar-refractivity contribution in [1.29, 1.82) is 0 Å². The molecule has 5 nitrogen and oxygen atoms in total. The Bertz CT molecular complexity index is 1060. The van der Waals surface area contributed by atoms with Crippen molar-refractivity contribution in [2.45, 2.75) is 26.2 Å². The molecule has 29 heavy (non-hydrogen) atoms. The van der Waals surface area contributed by atoms with Crippen LogP contribution in [0.1, 0.15) is 32.0 Å². The largest absolute Gasteiger partial charge is 0.452 e. The Morgan fingerprint density at radius 3 is 2.52 bits per heavy atom. The van der Waals surface area contributed by atoms with E-state index in [1.807, 2.05) is 60.7 Å². The minimum atomic E-state index is -0.598. The summed E-state index contributed by atoms with van der Waals surface area (Å²) in [5.41, 5.74) is 3.11. The van der Waals surface area contributed by atoms with Crippen LogP contribution in [0.5, 0.6) is 0 Å². The molecule has 0 aliphatic carbocycles. The number of pyridine rings is 1. The topological polar surface area (TPSA) is 68.3 Å². The molecule has 1 heterocycles. The summed E-state index contributed by atoms with van der Waals surface area (Å²) in [7, 11) is 0. The number of para-hydroxylation sites is 2. The molecule has 0 bridgehead atoms. The smallest absolute Gasteiger partial charge is 0.331 e. The van der Waals surface area contributed by atoms with E-state index in [-0.39, 0.29) is 17.9 Å². The van der Waals surface area contributed by atoms with Crippen LogP contribution >= 0.6 is 0 Å². The Balaban J connectivity index is 1.56. The van der Waals surface area contributed by atoms with Gasteiger partial charge in [-0.1, -0.05) is 63.2 Å². The Kier molecular flexibility index (Phi) is 6.07. The lowest BCUT2D eigenvalue weighted by molar-refractivity contribution is -0.142. The number of hydrogen-bond acceptors (Lipinski definition) is 4. The van der Waals surface area contributed by atoms with E-state index < -0.39 is 5.97 Å². The van der Waals surface area contributed by atoms with Gasteiger partial charge in [0.15, 0.2) is 6.61 Å². The zero-order valence-electron chi connectivity index (χ0n) is 16.8. The molecule has 1 N–H and O–H groups in total. The van der Waals surface area contributed by atoms with E-state index in [4.69, 9.17) is 4.74 Å². The van der Waals surface area contributed by atoms with Gasteiger partial charge in [0.1, 0.15) is 0 Å². The second kappa shape index (κ2) is 8.69. The maximum atomic E-state index is 12.2. The monoisotopic (exact) mass is 388 g/mol. The molecule has 0 fully saturated rings. The highest BCUT2D eigenvalue weighted by molar-refractivity contribution is 5.95. The number of aromatic nitrogens is 1. The average Bonchev–Trinajstić information content (AvgIpc) is 2.70. The fourth-order valence-corrected chi connectivity index (χ4v) is 2.95. The second-order valence-electron chi connectivity index (χ2n) is 7.71. The van der Waals surface area contributed by atoms with Crippen molar-refractivity contribution in [3.05, 3.63) is 78.0 Å². The predicted molar refractivity (Wildman–Crippen MR) is 116 cm³/mol. The van der Waals surface area contributed by atoms with Gasteiger partial charge in [-0.2, -0.15) is 0 Å². The number of nitrogens with one attached hydrogen (secondary N) is 1. The third-order valence-corrected chi connectivity index (χ3v) is 4.36. The molecule has 0 saturated carbocycles. The van der Waals surface area contributed by atoms with Gasteiger partial charge in [0, 0.05) is 17.1 Å². The molecule has 1 aromatic heterocycles. The molecule has 0 radical (unpaired) electrons. The molecule has 2 aromatic carbocycles. The second-order valence-corrected chi connectivity index (χ2v) is 7.71. The molecule has 0 spiro atoms. The van der Waals surface area contributed by atoms with Crippen molar-refractivity contribution in [1.82, 2.24) is 4.98 Å². The third-order valence-electron chi connectivity index (χ3n) is 4.36. The molecule has 5 heteroatoms. The maximum absolute atomic E-state index is 12.2. The minimum Gasteiger partial charge on any atom is -0.452 e. The fourth-order valence-electron chi connectivity index (χ4n) is 2.95. The first-order valence-electron chi connectivity index (χ1n) is 9.43. The van der Waals surface area contributed by atoms with E-state index in [0.29, 0.717) is 5.69 Å². The van der Waals surface area contributed by atoms with Crippen LogP contribution in [0, 0.1) is 0 Å². The normalized spacial score (nSPS) is 11.6. The number of rotatable bonds is 5. The van der Waals surface area contributed by atoms with Gasteiger partial charge in [-0.15, -0.1) is 0 Å². The van der Waals surface area contributed by atoms with Gasteiger partial charge in [-0.3, -0.25) is 4.79 Å². The molecule has 0 atom stereocenters. The summed E-state index contributed by atoms with van der Waals surface area (Å²) < 4.78 is 5.05. The molecular formula is C24H24N2O3. The van der Waals surface area contributed by atoms with Crippen LogP contribution in [0.25, 0.3) is 17.0 Å². The number of carbonyl (C=O) groups is 2. The van der Waals surface area contributed by atoms with E-state index in [1.165, 1.54) is 6.08 Å². The van der Waals surface area contributed by atoms with Crippen molar-refractivity contribution < 1.29 is 14.3 Å². The first-order valence-corrected chi connectivity index (χ1v) is 9.43. The maximum Gasteiger partial charge on any atom is 0.331 e. The highest BCUT2D eigenvalue weighted by atomic mass is 16.5. The number of nitrogens with zero attached hydrogens (tertiary/aromatic N) is 1. The SMILES string of the molecule is CC(C)(C)c1ccccc1NC(=O)COC(=O)C=Cc1ccc2ccccc2n1. The van der Waals surface area contributed by atoms with Crippen LogP contribution in [0.3, 0.4) is 0 Å². The zero-order valence-corrected chi connectivity index (χ0v) is 16.8. The van der Waals surface area contributed by atoms with E-state index in [2.05, 4.69) is 31.1 Å². The molecule has 3 aromatic rings. The standard InChI is InChI=1S/C24H24N2O3/c1-24(2,3)19-9-5-7-11-21(19)26-22(27)16-29-23(28)15-14-18-13-12-17-8-4-6-10-20(17)25-18/h4-15H,16H2,1-3H3,(H,26,27). The lowest BCUT2D eigenvalue weighted by Gasteiger charge is -2.22. The van der Waals surface area contributed by atoms with Crippen LogP contribution in [0.4, 0.5) is 5.69 Å². The number of anilines is 1. The first kappa shape index (κ1) is 20.3. The highest BCUT2D eigenvalue weighted by Gasteiger charge is 2.18. The van der Waals surface area contributed by atoms with Crippen LogP contribution < -0.4 is 5.32 Å². The lowest BCUT2D eigenvalue weighted by atomic mass is 9.86. The summed E-state index contributed by atoms with van der Waals surface area (Å²) in [5, 5.41) is 3.84. The minimum absolute atomic E-state index is 0.115. The van der Waals surface area contributed by atoms with Gasteiger partial charge < -0.3 is 10.1 Å². The number of benzene rings is 2. The molecule has 0 saturated heterocycles. The third kappa shape index (κ3) is 5.51. The summed E-state index contributed by atoms with van der Waals surface area (Å²) in [6.45, 7) is 5.86. The summed E-state index contributed by atoms with van der Waals surface area (Å²) in [5.74, 6) is -0.980. The molecule has 0 aliphatic rings. The highest BCUT2D eigenvalue weighted by Crippen LogP contribution is 2.29. The lowest BCUT2D eigenvalue weighted by Crippen LogP contribution is -2.23. The molecule has 0 unspecified atom stereocenters. The fraction of sp³-hybridized carbons (Fsp3) is 0.208. The van der Waals surface area contributed by atoms with Gasteiger partial charge in [-0.05, 0) is 35.3 Å². The number of amides is 1. The molecule has 1 amide bonds. The van der Waals surface area contributed by atoms with Gasteiger partial charge in [0.25, 0.3) is 5.91 Å². The first-order chi connectivity index (χ1) is 13.8. The van der Waals surface area contributed by atoms with Gasteiger partial charge in [-0.25, -0.2) is 9.78 Å². The van der Waals surface area contributed by atoms with Crippen molar-refractivity contribution >= 4 is 34.5 Å². The van der Waals surface area contributed by atoms with Crippen LogP contribution in [0.2, 0.25) is 0 Å². The summed E-state index contributed by atoms with van der Waals surface area (Å²) in [4.78, 5) is 28.6. The number of carbonyl (C=O) groups excluding carboxylic acids is 2. The van der Waals surface area contributed by atoms with E-state index in [9.17, 15) is 9.59 Å². The Morgan fingerprint density at radius 2 is 1.72 bits per heavy atom. The molecule has 148 valence electrons. The molecular weight excluding hydrogens is 364 g/mol. The van der Waals surface area contributed by atoms with E-state index in [0.717, 1.165) is 22.2 Å². The molecule has 3 rings (SSSR count). The van der Waals surface area contributed by atoms with E-state index >= 15 is 0 Å². The zero-order chi connectivity index (χ0) is 20.9. The Morgan fingerprint density at radius 1 is 1.00 bits per heavy atom. The van der Waals surface area contributed by atoms with Gasteiger partial charge in [0.2, 0.25) is 0 Å². The Labute approximate surface area is 170 Å². The number of hydrogen-bond donors (Lipinski definition) is 1. The molecule has 0 aliphatic heterocycles. The van der Waals surface area contributed by atoms with Crippen molar-refractivity contribution in [3.63, 3.8) is 0 Å². The number of fused-ring (bicyclic) bond motifs is 1. The van der Waals surface area contributed by atoms with Crippen LogP contribution in [0.15, 0.2) is 66.7 Å². The van der Waals surface area contributed by atoms with Gasteiger partial charge >= 0.3 is 5.97 Å². The van der Waals surface area contributed by atoms with Crippen LogP contribution in [-0.4, -0.2) is 23.5 Å². The van der Waals surface area contributed by atoms with Gasteiger partial charge in [0.05, 0.1) is 11.2 Å². The summed E-state index contributed by atoms with van der Waals surface area (Å²) in [6, 6.07) is 19.1. The van der Waals surface area contributed by atoms with Crippen molar-refractivity contribution in [3.8, 4) is 0 Å². The van der Waals surface area contributed by atoms with Crippen LogP contribution in [-0.2, 0) is 19.7 Å². The summed E-state index contributed by atoms with van der Waals surface area (Å²) >= 11 is 0. The van der Waals surface area contributed by atoms with Crippen molar-refractivity contribution in [2.75, 3.05) is 11.9 Å². The predicted octanol–water partition coefficient (Wildman–Crippen LogP) is 4.73. The Hall–Kier alpha value is -3.47.